The standard InChI is InChI=1S/C25H25N3O2S/c1-2-3-16-28-24(30)22(31-25(28)26-19-12-5-4-6-13-19)17-23(29)27-21-15-9-11-18-10-7-8-14-20(18)21/h4-15,22H,2-3,16-17H2,1H3,(H,27,29)/t22-/m0/s1. The number of aliphatic imine (C=N–C) groups is 1. The van der Waals surface area contributed by atoms with Crippen molar-refractivity contribution in [2.24, 2.45) is 4.99 Å². The fourth-order valence-corrected chi connectivity index (χ4v) is 4.75. The number of carbonyl (C=O) groups is 2. The first-order valence-electron chi connectivity index (χ1n) is 10.5. The lowest BCUT2D eigenvalue weighted by atomic mass is 10.1. The Balaban J connectivity index is 1.50. The van der Waals surface area contributed by atoms with Crippen LogP contribution in [0.5, 0.6) is 0 Å². The largest absolute Gasteiger partial charge is 0.325 e. The lowest BCUT2D eigenvalue weighted by Crippen LogP contribution is -2.34. The summed E-state index contributed by atoms with van der Waals surface area (Å²) in [6.07, 6.45) is 2.00. The zero-order valence-corrected chi connectivity index (χ0v) is 18.3. The Hall–Kier alpha value is -3.12. The number of thioether (sulfide) groups is 1. The minimum atomic E-state index is -0.464. The van der Waals surface area contributed by atoms with Crippen molar-refractivity contribution in [3.8, 4) is 0 Å². The maximum absolute atomic E-state index is 13.1. The Labute approximate surface area is 186 Å². The molecule has 1 fully saturated rings. The van der Waals surface area contributed by atoms with Gasteiger partial charge in [-0.05, 0) is 30.0 Å². The van der Waals surface area contributed by atoms with Gasteiger partial charge in [-0.2, -0.15) is 0 Å². The molecule has 0 spiro atoms. The van der Waals surface area contributed by atoms with Gasteiger partial charge in [-0.15, -0.1) is 0 Å². The maximum atomic E-state index is 13.1. The number of carbonyl (C=O) groups excluding carboxylic acids is 2. The number of fused-ring (bicyclic) bond motifs is 1. The second-order valence-electron chi connectivity index (χ2n) is 7.46. The molecule has 0 saturated carbocycles. The number of para-hydroxylation sites is 1. The van der Waals surface area contributed by atoms with Crippen LogP contribution in [0.15, 0.2) is 77.8 Å². The highest BCUT2D eigenvalue weighted by Crippen LogP contribution is 2.32. The van der Waals surface area contributed by atoms with Crippen molar-refractivity contribution >= 4 is 50.9 Å². The average molecular weight is 432 g/mol. The molecule has 3 aromatic rings. The van der Waals surface area contributed by atoms with Gasteiger partial charge in [0.25, 0.3) is 0 Å². The number of anilines is 1. The van der Waals surface area contributed by atoms with E-state index in [1.54, 1.807) is 4.90 Å². The molecule has 0 aliphatic carbocycles. The van der Waals surface area contributed by atoms with Crippen molar-refractivity contribution in [2.75, 3.05) is 11.9 Å². The number of hydrogen-bond acceptors (Lipinski definition) is 4. The lowest BCUT2D eigenvalue weighted by molar-refractivity contribution is -0.128. The van der Waals surface area contributed by atoms with Crippen LogP contribution in [0.25, 0.3) is 10.8 Å². The number of amides is 2. The van der Waals surface area contributed by atoms with Gasteiger partial charge in [-0.1, -0.05) is 79.7 Å². The quantitative estimate of drug-likeness (QED) is 0.530. The number of rotatable bonds is 7. The molecule has 0 aromatic heterocycles. The number of nitrogens with zero attached hydrogens (tertiary/aromatic N) is 2. The molecule has 1 saturated heterocycles. The van der Waals surface area contributed by atoms with Crippen molar-refractivity contribution in [2.45, 2.75) is 31.4 Å². The third-order valence-electron chi connectivity index (χ3n) is 5.17. The van der Waals surface area contributed by atoms with Crippen molar-refractivity contribution in [1.82, 2.24) is 4.90 Å². The van der Waals surface area contributed by atoms with Crippen LogP contribution in [0.4, 0.5) is 11.4 Å². The Morgan fingerprint density at radius 3 is 2.58 bits per heavy atom. The van der Waals surface area contributed by atoms with E-state index < -0.39 is 5.25 Å². The number of benzene rings is 3. The van der Waals surface area contributed by atoms with E-state index in [9.17, 15) is 9.59 Å². The number of hydrogen-bond donors (Lipinski definition) is 1. The summed E-state index contributed by atoms with van der Waals surface area (Å²) in [5.74, 6) is -0.209. The van der Waals surface area contributed by atoms with Gasteiger partial charge in [0.05, 0.1) is 5.69 Å². The summed E-state index contributed by atoms with van der Waals surface area (Å²) in [5, 5.41) is 5.25. The Morgan fingerprint density at radius 2 is 1.77 bits per heavy atom. The van der Waals surface area contributed by atoms with E-state index in [-0.39, 0.29) is 18.2 Å². The lowest BCUT2D eigenvalue weighted by Gasteiger charge is -2.16. The van der Waals surface area contributed by atoms with Gasteiger partial charge in [0.15, 0.2) is 5.17 Å². The third kappa shape index (κ3) is 4.97. The van der Waals surface area contributed by atoms with Gasteiger partial charge >= 0.3 is 0 Å². The van der Waals surface area contributed by atoms with Crippen LogP contribution in [0.2, 0.25) is 0 Å². The molecule has 1 heterocycles. The molecule has 4 rings (SSSR count). The van der Waals surface area contributed by atoms with Gasteiger partial charge in [-0.25, -0.2) is 4.99 Å². The van der Waals surface area contributed by atoms with E-state index in [2.05, 4.69) is 17.2 Å². The molecule has 3 aromatic carbocycles. The topological polar surface area (TPSA) is 61.8 Å². The zero-order chi connectivity index (χ0) is 21.6. The van der Waals surface area contributed by atoms with Gasteiger partial charge < -0.3 is 5.32 Å². The first-order chi connectivity index (χ1) is 15.2. The van der Waals surface area contributed by atoms with Gasteiger partial charge in [-0.3, -0.25) is 14.5 Å². The zero-order valence-electron chi connectivity index (χ0n) is 17.5. The highest BCUT2D eigenvalue weighted by atomic mass is 32.2. The van der Waals surface area contributed by atoms with Crippen molar-refractivity contribution in [1.29, 1.82) is 0 Å². The van der Waals surface area contributed by atoms with E-state index in [0.717, 1.165) is 35.0 Å². The summed E-state index contributed by atoms with van der Waals surface area (Å²) in [6, 6.07) is 23.4. The Morgan fingerprint density at radius 1 is 1.03 bits per heavy atom. The molecule has 1 aliphatic rings. The number of unbranched alkanes of at least 4 members (excludes halogenated alkanes) is 1. The van der Waals surface area contributed by atoms with Gasteiger partial charge in [0.2, 0.25) is 11.8 Å². The molecule has 158 valence electrons. The second kappa shape index (κ2) is 9.79. The van der Waals surface area contributed by atoms with E-state index in [1.807, 2.05) is 72.8 Å². The van der Waals surface area contributed by atoms with Crippen LogP contribution in [-0.4, -0.2) is 33.7 Å². The molecule has 0 radical (unpaired) electrons. The van der Waals surface area contributed by atoms with Crippen LogP contribution in [0.1, 0.15) is 26.2 Å². The molecule has 6 heteroatoms. The molecule has 1 atom stereocenters. The van der Waals surface area contributed by atoms with Crippen molar-refractivity contribution < 1.29 is 9.59 Å². The summed E-state index contributed by atoms with van der Waals surface area (Å²) in [5.41, 5.74) is 1.57. The first-order valence-corrected chi connectivity index (χ1v) is 11.4. The van der Waals surface area contributed by atoms with E-state index in [0.29, 0.717) is 11.7 Å². The molecule has 1 N–H and O–H groups in total. The minimum Gasteiger partial charge on any atom is -0.325 e. The molecule has 1 aliphatic heterocycles. The van der Waals surface area contributed by atoms with E-state index in [4.69, 9.17) is 0 Å². The van der Waals surface area contributed by atoms with Gasteiger partial charge in [0, 0.05) is 24.0 Å². The van der Waals surface area contributed by atoms with Gasteiger partial charge in [0.1, 0.15) is 5.25 Å². The molecule has 0 bridgehead atoms. The van der Waals surface area contributed by atoms with Crippen molar-refractivity contribution in [3.63, 3.8) is 0 Å². The highest BCUT2D eigenvalue weighted by molar-refractivity contribution is 8.15. The smallest absolute Gasteiger partial charge is 0.242 e. The summed E-state index contributed by atoms with van der Waals surface area (Å²) < 4.78 is 0. The third-order valence-corrected chi connectivity index (χ3v) is 6.35. The fourth-order valence-electron chi connectivity index (χ4n) is 3.56. The molecule has 31 heavy (non-hydrogen) atoms. The predicted molar refractivity (Wildman–Crippen MR) is 129 cm³/mol. The molecule has 0 unspecified atom stereocenters. The van der Waals surface area contributed by atoms with Crippen LogP contribution < -0.4 is 5.32 Å². The summed E-state index contributed by atoms with van der Waals surface area (Å²) >= 11 is 1.38. The van der Waals surface area contributed by atoms with Crippen LogP contribution in [-0.2, 0) is 9.59 Å². The fraction of sp³-hybridized carbons (Fsp3) is 0.240. The minimum absolute atomic E-state index is 0.0406. The normalized spacial score (nSPS) is 17.5. The average Bonchev–Trinajstić information content (AvgIpc) is 3.07. The summed E-state index contributed by atoms with van der Waals surface area (Å²) in [6.45, 7) is 2.71. The van der Waals surface area contributed by atoms with E-state index in [1.165, 1.54) is 11.8 Å². The monoisotopic (exact) mass is 431 g/mol. The summed E-state index contributed by atoms with van der Waals surface area (Å²) in [4.78, 5) is 32.3. The van der Waals surface area contributed by atoms with E-state index >= 15 is 0 Å². The van der Waals surface area contributed by atoms with Crippen LogP contribution >= 0.6 is 11.8 Å². The highest BCUT2D eigenvalue weighted by Gasteiger charge is 2.38. The van der Waals surface area contributed by atoms with Crippen LogP contribution in [0.3, 0.4) is 0 Å². The molecule has 5 nitrogen and oxygen atoms in total. The second-order valence-corrected chi connectivity index (χ2v) is 8.63. The Bertz CT molecular complexity index is 1110. The SMILES string of the molecule is CCCCN1C(=O)[C@H](CC(=O)Nc2cccc3ccccc23)SC1=Nc1ccccc1. The number of nitrogens with one attached hydrogen (secondary N) is 1. The van der Waals surface area contributed by atoms with Crippen LogP contribution in [0, 0.1) is 0 Å². The molecule has 2 amide bonds. The maximum Gasteiger partial charge on any atom is 0.242 e. The molecular weight excluding hydrogens is 406 g/mol. The summed E-state index contributed by atoms with van der Waals surface area (Å²) in [7, 11) is 0. The van der Waals surface area contributed by atoms with Crippen molar-refractivity contribution in [3.05, 3.63) is 72.8 Å². The number of amidine groups is 1. The Kier molecular flexibility index (Phi) is 6.67. The molecular formula is C25H25N3O2S. The predicted octanol–water partition coefficient (Wildman–Crippen LogP) is 5.60. The first kappa shape index (κ1) is 21.1.